The Balaban J connectivity index is 2.36. The molecular formula is C16H25NO. The summed E-state index contributed by atoms with van der Waals surface area (Å²) in [6.45, 7) is 2.97. The summed E-state index contributed by atoms with van der Waals surface area (Å²) < 4.78 is 5.42. The number of hydrogen-bond acceptors (Lipinski definition) is 2. The number of hydrogen-bond donors (Lipinski definition) is 1. The Kier molecular flexibility index (Phi) is 4.28. The van der Waals surface area contributed by atoms with Gasteiger partial charge in [0.15, 0.2) is 0 Å². The average Bonchev–Trinajstić information content (AvgIpc) is 2.88. The van der Waals surface area contributed by atoms with Crippen molar-refractivity contribution in [1.29, 1.82) is 0 Å². The maximum Gasteiger partial charge on any atom is 0.122 e. The third-order valence-corrected chi connectivity index (χ3v) is 4.46. The fourth-order valence-electron chi connectivity index (χ4n) is 3.40. The molecule has 0 radical (unpaired) electrons. The highest BCUT2D eigenvalue weighted by atomic mass is 16.5. The van der Waals surface area contributed by atoms with Crippen LogP contribution in [0.1, 0.15) is 50.2 Å². The first-order valence-corrected chi connectivity index (χ1v) is 7.13. The Morgan fingerprint density at radius 3 is 2.56 bits per heavy atom. The molecule has 2 N–H and O–H groups in total. The zero-order chi connectivity index (χ0) is 13.0. The first-order chi connectivity index (χ1) is 8.75. The number of methoxy groups -OCH3 is 1. The van der Waals surface area contributed by atoms with E-state index in [4.69, 9.17) is 10.5 Å². The summed E-state index contributed by atoms with van der Waals surface area (Å²) in [4.78, 5) is 0. The van der Waals surface area contributed by atoms with Crippen LogP contribution in [0.2, 0.25) is 0 Å². The second-order valence-corrected chi connectivity index (χ2v) is 5.41. The van der Waals surface area contributed by atoms with Crippen molar-refractivity contribution in [3.05, 3.63) is 29.3 Å². The molecule has 1 aromatic carbocycles. The van der Waals surface area contributed by atoms with Crippen LogP contribution >= 0.6 is 0 Å². The largest absolute Gasteiger partial charge is 0.496 e. The molecule has 0 bridgehead atoms. The van der Waals surface area contributed by atoms with Crippen molar-refractivity contribution >= 4 is 0 Å². The van der Waals surface area contributed by atoms with Crippen LogP contribution < -0.4 is 10.5 Å². The Morgan fingerprint density at radius 1 is 1.28 bits per heavy atom. The highest BCUT2D eigenvalue weighted by Crippen LogP contribution is 2.44. The molecule has 1 aliphatic carbocycles. The standard InChI is InChI=1S/C16H25NO/c1-3-13-12-14(6-7-15(13)18-2)16(10-11-17)8-4-5-9-16/h6-7,12H,3-5,8-11,17H2,1-2H3. The van der Waals surface area contributed by atoms with Crippen molar-refractivity contribution in [1.82, 2.24) is 0 Å². The molecule has 1 saturated carbocycles. The smallest absolute Gasteiger partial charge is 0.122 e. The van der Waals surface area contributed by atoms with Crippen LogP contribution in [0.15, 0.2) is 18.2 Å². The van der Waals surface area contributed by atoms with Crippen molar-refractivity contribution in [3.8, 4) is 5.75 Å². The fourth-order valence-corrected chi connectivity index (χ4v) is 3.40. The van der Waals surface area contributed by atoms with Crippen LogP contribution in [0, 0.1) is 0 Å². The quantitative estimate of drug-likeness (QED) is 0.865. The first-order valence-electron chi connectivity index (χ1n) is 7.13. The van der Waals surface area contributed by atoms with Gasteiger partial charge in [0.05, 0.1) is 7.11 Å². The molecule has 0 heterocycles. The summed E-state index contributed by atoms with van der Waals surface area (Å²) in [7, 11) is 1.75. The van der Waals surface area contributed by atoms with Crippen LogP contribution in [0.5, 0.6) is 5.75 Å². The van der Waals surface area contributed by atoms with Gasteiger partial charge in [0.1, 0.15) is 5.75 Å². The minimum atomic E-state index is 0.338. The molecule has 2 heteroatoms. The topological polar surface area (TPSA) is 35.2 Å². The second-order valence-electron chi connectivity index (χ2n) is 5.41. The summed E-state index contributed by atoms with van der Waals surface area (Å²) in [5.41, 5.74) is 8.96. The van der Waals surface area contributed by atoms with Crippen LogP contribution in [-0.4, -0.2) is 13.7 Å². The lowest BCUT2D eigenvalue weighted by molar-refractivity contribution is 0.400. The van der Waals surface area contributed by atoms with E-state index in [0.717, 1.165) is 25.1 Å². The van der Waals surface area contributed by atoms with Gasteiger partial charge in [0.25, 0.3) is 0 Å². The maximum absolute atomic E-state index is 5.83. The van der Waals surface area contributed by atoms with E-state index in [1.54, 1.807) is 7.11 Å². The molecule has 0 aromatic heterocycles. The van der Waals surface area contributed by atoms with E-state index >= 15 is 0 Å². The Labute approximate surface area is 111 Å². The van der Waals surface area contributed by atoms with Crippen LogP contribution in [-0.2, 0) is 11.8 Å². The van der Waals surface area contributed by atoms with E-state index < -0.39 is 0 Å². The number of ether oxygens (including phenoxy) is 1. The van der Waals surface area contributed by atoms with Gasteiger partial charge in [-0.3, -0.25) is 0 Å². The number of benzene rings is 1. The minimum absolute atomic E-state index is 0.338. The van der Waals surface area contributed by atoms with Crippen molar-refractivity contribution in [2.45, 2.75) is 50.9 Å². The van der Waals surface area contributed by atoms with Crippen molar-refractivity contribution < 1.29 is 4.74 Å². The molecule has 0 aliphatic heterocycles. The zero-order valence-corrected chi connectivity index (χ0v) is 11.7. The van der Waals surface area contributed by atoms with E-state index in [0.29, 0.717) is 5.41 Å². The fraction of sp³-hybridized carbons (Fsp3) is 0.625. The molecule has 0 unspecified atom stereocenters. The molecule has 0 spiro atoms. The van der Waals surface area contributed by atoms with E-state index in [2.05, 4.69) is 25.1 Å². The van der Waals surface area contributed by atoms with Crippen LogP contribution in [0.3, 0.4) is 0 Å². The third kappa shape index (κ3) is 2.39. The Morgan fingerprint density at radius 2 is 2.00 bits per heavy atom. The molecule has 1 aromatic rings. The Bertz CT molecular complexity index is 394. The molecular weight excluding hydrogens is 222 g/mol. The predicted octanol–water partition coefficient (Wildman–Crippen LogP) is 3.42. The summed E-state index contributed by atoms with van der Waals surface area (Å²) in [6, 6.07) is 6.73. The lowest BCUT2D eigenvalue weighted by Gasteiger charge is -2.30. The molecule has 1 fully saturated rings. The van der Waals surface area contributed by atoms with E-state index in [1.165, 1.54) is 36.8 Å². The van der Waals surface area contributed by atoms with E-state index in [-0.39, 0.29) is 0 Å². The van der Waals surface area contributed by atoms with Crippen LogP contribution in [0.4, 0.5) is 0 Å². The van der Waals surface area contributed by atoms with Gasteiger partial charge in [-0.15, -0.1) is 0 Å². The van der Waals surface area contributed by atoms with E-state index in [9.17, 15) is 0 Å². The summed E-state index contributed by atoms with van der Waals surface area (Å²) >= 11 is 0. The summed E-state index contributed by atoms with van der Waals surface area (Å²) in [5.74, 6) is 1.02. The average molecular weight is 247 g/mol. The highest BCUT2D eigenvalue weighted by Gasteiger charge is 2.34. The number of nitrogens with two attached hydrogens (primary N) is 1. The molecule has 0 atom stereocenters. The number of rotatable bonds is 5. The summed E-state index contributed by atoms with van der Waals surface area (Å²) in [6.07, 6.45) is 7.40. The lowest BCUT2D eigenvalue weighted by atomic mass is 9.75. The molecule has 2 nitrogen and oxygen atoms in total. The minimum Gasteiger partial charge on any atom is -0.496 e. The number of aryl methyl sites for hydroxylation is 1. The monoisotopic (exact) mass is 247 g/mol. The lowest BCUT2D eigenvalue weighted by Crippen LogP contribution is -2.26. The van der Waals surface area contributed by atoms with Crippen molar-refractivity contribution in [3.63, 3.8) is 0 Å². The normalized spacial score (nSPS) is 17.9. The molecule has 0 saturated heterocycles. The van der Waals surface area contributed by atoms with Gasteiger partial charge in [-0.1, -0.05) is 31.9 Å². The molecule has 0 amide bonds. The van der Waals surface area contributed by atoms with Crippen LogP contribution in [0.25, 0.3) is 0 Å². The van der Waals surface area contributed by atoms with Crippen molar-refractivity contribution in [2.24, 2.45) is 5.73 Å². The second kappa shape index (κ2) is 5.75. The van der Waals surface area contributed by atoms with Gasteiger partial charge in [-0.2, -0.15) is 0 Å². The van der Waals surface area contributed by atoms with Gasteiger partial charge in [0.2, 0.25) is 0 Å². The molecule has 1 aliphatic rings. The highest BCUT2D eigenvalue weighted by molar-refractivity contribution is 5.40. The Hall–Kier alpha value is -1.02. The van der Waals surface area contributed by atoms with Gasteiger partial charge in [-0.25, -0.2) is 0 Å². The van der Waals surface area contributed by atoms with E-state index in [1.807, 2.05) is 0 Å². The van der Waals surface area contributed by atoms with Crippen molar-refractivity contribution in [2.75, 3.05) is 13.7 Å². The SMILES string of the molecule is CCc1cc(C2(CCN)CCCC2)ccc1OC. The molecule has 100 valence electrons. The maximum atomic E-state index is 5.83. The first kappa shape index (κ1) is 13.4. The molecule has 18 heavy (non-hydrogen) atoms. The predicted molar refractivity (Wildman–Crippen MR) is 76.2 cm³/mol. The zero-order valence-electron chi connectivity index (χ0n) is 11.7. The van der Waals surface area contributed by atoms with Gasteiger partial charge in [0, 0.05) is 0 Å². The van der Waals surface area contributed by atoms with Gasteiger partial charge in [-0.05, 0) is 54.8 Å². The molecule has 2 rings (SSSR count). The van der Waals surface area contributed by atoms with Gasteiger partial charge >= 0.3 is 0 Å². The van der Waals surface area contributed by atoms with Gasteiger partial charge < -0.3 is 10.5 Å². The third-order valence-electron chi connectivity index (χ3n) is 4.46. The summed E-state index contributed by atoms with van der Waals surface area (Å²) in [5, 5.41) is 0.